The molecule has 2 N–H and O–H groups in total. The summed E-state index contributed by atoms with van der Waals surface area (Å²) in [5.74, 6) is -0.374. The highest BCUT2D eigenvalue weighted by atomic mass is 19.1. The Labute approximate surface area is 143 Å². The molecule has 1 saturated carbocycles. The second-order valence-corrected chi connectivity index (χ2v) is 7.00. The number of rotatable bonds is 5. The fourth-order valence-electron chi connectivity index (χ4n) is 4.01. The Kier molecular flexibility index (Phi) is 5.85. The van der Waals surface area contributed by atoms with Crippen LogP contribution in [0.4, 0.5) is 4.39 Å². The lowest BCUT2D eigenvalue weighted by Gasteiger charge is -2.40. The number of hydrogen-bond donors (Lipinski definition) is 2. The van der Waals surface area contributed by atoms with Crippen LogP contribution in [0.1, 0.15) is 44.1 Å². The standard InChI is InChI=1S/C19H27FN2O2/c20-15-7-2-1-6-14(15)10-11-18(23)21-16-8-5-9-17(19(16)24)22-12-3-4-13-22/h1-2,6-7,16-17,19,24H,3-5,8-13H2,(H,21,23)/t16-,17-,19-/m1/s1. The van der Waals surface area contributed by atoms with Crippen molar-refractivity contribution in [3.8, 4) is 0 Å². The lowest BCUT2D eigenvalue weighted by Crippen LogP contribution is -2.56. The van der Waals surface area contributed by atoms with E-state index in [2.05, 4.69) is 10.2 Å². The molecule has 132 valence electrons. The van der Waals surface area contributed by atoms with Crippen LogP contribution in [0.25, 0.3) is 0 Å². The largest absolute Gasteiger partial charge is 0.389 e. The molecule has 24 heavy (non-hydrogen) atoms. The van der Waals surface area contributed by atoms with Gasteiger partial charge in [0.05, 0.1) is 12.1 Å². The number of hydrogen-bond acceptors (Lipinski definition) is 3. The minimum absolute atomic E-state index is 0.107. The highest BCUT2D eigenvalue weighted by molar-refractivity contribution is 5.76. The molecule has 4 nitrogen and oxygen atoms in total. The zero-order chi connectivity index (χ0) is 16.9. The molecule has 3 atom stereocenters. The molecule has 1 aliphatic heterocycles. The van der Waals surface area contributed by atoms with Crippen molar-refractivity contribution in [1.29, 1.82) is 0 Å². The van der Waals surface area contributed by atoms with Crippen molar-refractivity contribution in [2.75, 3.05) is 13.1 Å². The summed E-state index contributed by atoms with van der Waals surface area (Å²) in [6.07, 6.45) is 5.37. The number of amides is 1. The van der Waals surface area contributed by atoms with Crippen LogP contribution in [0.5, 0.6) is 0 Å². The molecule has 1 heterocycles. The van der Waals surface area contributed by atoms with Gasteiger partial charge in [-0.1, -0.05) is 18.2 Å². The number of carbonyl (C=O) groups excluding carboxylic acids is 1. The summed E-state index contributed by atoms with van der Waals surface area (Å²) in [6.45, 7) is 2.10. The predicted octanol–water partition coefficient (Wildman–Crippen LogP) is 2.25. The summed E-state index contributed by atoms with van der Waals surface area (Å²) in [6, 6.07) is 6.54. The van der Waals surface area contributed by atoms with Crippen LogP contribution in [0, 0.1) is 5.82 Å². The number of nitrogens with one attached hydrogen (secondary N) is 1. The van der Waals surface area contributed by atoms with Crippen LogP contribution in [0.15, 0.2) is 24.3 Å². The third-order valence-corrected chi connectivity index (χ3v) is 5.36. The first-order valence-electron chi connectivity index (χ1n) is 9.10. The first-order valence-corrected chi connectivity index (χ1v) is 9.10. The molecule has 0 unspecified atom stereocenters. The number of halogens is 1. The number of nitrogens with zero attached hydrogens (tertiary/aromatic N) is 1. The number of likely N-dealkylation sites (tertiary alicyclic amines) is 1. The minimum Gasteiger partial charge on any atom is -0.389 e. The fourth-order valence-corrected chi connectivity index (χ4v) is 4.01. The molecule has 0 radical (unpaired) electrons. The Morgan fingerprint density at radius 2 is 1.96 bits per heavy atom. The van der Waals surface area contributed by atoms with E-state index in [4.69, 9.17) is 0 Å². The highest BCUT2D eigenvalue weighted by Gasteiger charge is 2.36. The molecule has 2 fully saturated rings. The van der Waals surface area contributed by atoms with Crippen LogP contribution in [-0.2, 0) is 11.2 Å². The quantitative estimate of drug-likeness (QED) is 0.868. The van der Waals surface area contributed by atoms with Crippen molar-refractivity contribution in [2.45, 2.75) is 63.1 Å². The van der Waals surface area contributed by atoms with Gasteiger partial charge < -0.3 is 10.4 Å². The third-order valence-electron chi connectivity index (χ3n) is 5.36. The van der Waals surface area contributed by atoms with E-state index in [-0.39, 0.29) is 30.2 Å². The Morgan fingerprint density at radius 1 is 1.21 bits per heavy atom. The molecule has 0 aromatic heterocycles. The number of carbonyl (C=O) groups is 1. The first kappa shape index (κ1) is 17.4. The van der Waals surface area contributed by atoms with Gasteiger partial charge in [0, 0.05) is 12.5 Å². The Morgan fingerprint density at radius 3 is 2.71 bits per heavy atom. The van der Waals surface area contributed by atoms with E-state index in [1.54, 1.807) is 18.2 Å². The van der Waals surface area contributed by atoms with Crippen molar-refractivity contribution in [2.24, 2.45) is 0 Å². The minimum atomic E-state index is -0.505. The predicted molar refractivity (Wildman–Crippen MR) is 91.1 cm³/mol. The molecule has 3 rings (SSSR count). The number of aliphatic hydroxyl groups is 1. The second kappa shape index (κ2) is 8.08. The van der Waals surface area contributed by atoms with Crippen LogP contribution in [-0.4, -0.2) is 47.2 Å². The lowest BCUT2D eigenvalue weighted by atomic mass is 9.87. The monoisotopic (exact) mass is 334 g/mol. The molecule has 0 bridgehead atoms. The molecular formula is C19H27FN2O2. The van der Waals surface area contributed by atoms with Crippen molar-refractivity contribution in [3.05, 3.63) is 35.6 Å². The number of aliphatic hydroxyl groups excluding tert-OH is 1. The highest BCUT2D eigenvalue weighted by Crippen LogP contribution is 2.26. The molecule has 1 saturated heterocycles. The van der Waals surface area contributed by atoms with Crippen LogP contribution >= 0.6 is 0 Å². The average Bonchev–Trinajstić information content (AvgIpc) is 3.10. The van der Waals surface area contributed by atoms with Gasteiger partial charge in [-0.2, -0.15) is 0 Å². The van der Waals surface area contributed by atoms with Gasteiger partial charge in [0.25, 0.3) is 0 Å². The maximum absolute atomic E-state index is 13.6. The van der Waals surface area contributed by atoms with Crippen LogP contribution < -0.4 is 5.32 Å². The van der Waals surface area contributed by atoms with Gasteiger partial charge >= 0.3 is 0 Å². The van der Waals surface area contributed by atoms with Gasteiger partial charge in [0.1, 0.15) is 5.82 Å². The van der Waals surface area contributed by atoms with E-state index < -0.39 is 6.10 Å². The molecule has 1 aliphatic carbocycles. The molecule has 0 spiro atoms. The molecule has 5 heteroatoms. The van der Waals surface area contributed by atoms with Crippen molar-refractivity contribution in [1.82, 2.24) is 10.2 Å². The summed E-state index contributed by atoms with van der Waals surface area (Å²) >= 11 is 0. The van der Waals surface area contributed by atoms with Gasteiger partial charge in [0.2, 0.25) is 5.91 Å². The molecule has 2 aliphatic rings. The topological polar surface area (TPSA) is 52.6 Å². The summed E-state index contributed by atoms with van der Waals surface area (Å²) in [5, 5.41) is 13.6. The maximum Gasteiger partial charge on any atom is 0.220 e. The molecule has 1 aromatic carbocycles. The van der Waals surface area contributed by atoms with E-state index >= 15 is 0 Å². The maximum atomic E-state index is 13.6. The Bertz CT molecular complexity index is 560. The second-order valence-electron chi connectivity index (χ2n) is 7.00. The van der Waals surface area contributed by atoms with Crippen LogP contribution in [0.3, 0.4) is 0 Å². The van der Waals surface area contributed by atoms with Gasteiger partial charge in [0.15, 0.2) is 0 Å². The van der Waals surface area contributed by atoms with Gasteiger partial charge in [-0.05, 0) is 63.2 Å². The number of aryl methyl sites for hydroxylation is 1. The summed E-state index contributed by atoms with van der Waals surface area (Å²) in [4.78, 5) is 14.6. The first-order chi connectivity index (χ1) is 11.6. The van der Waals surface area contributed by atoms with E-state index in [0.717, 1.165) is 32.4 Å². The van der Waals surface area contributed by atoms with Crippen molar-refractivity contribution < 1.29 is 14.3 Å². The van der Waals surface area contributed by atoms with E-state index in [1.807, 2.05) is 0 Å². The van der Waals surface area contributed by atoms with Crippen LogP contribution in [0.2, 0.25) is 0 Å². The van der Waals surface area contributed by atoms with Gasteiger partial charge in [-0.25, -0.2) is 4.39 Å². The zero-order valence-corrected chi connectivity index (χ0v) is 14.1. The SMILES string of the molecule is O=C(CCc1ccccc1F)N[C@@H]1CCC[C@@H](N2CCCC2)[C@@H]1O. The molecule has 1 amide bonds. The van der Waals surface area contributed by atoms with Crippen molar-refractivity contribution >= 4 is 5.91 Å². The molecule has 1 aromatic rings. The Hall–Kier alpha value is -1.46. The normalized spacial score (nSPS) is 28.0. The lowest BCUT2D eigenvalue weighted by molar-refractivity contribution is -0.123. The molecular weight excluding hydrogens is 307 g/mol. The zero-order valence-electron chi connectivity index (χ0n) is 14.1. The van der Waals surface area contributed by atoms with Gasteiger partial charge in [-0.3, -0.25) is 9.69 Å². The summed E-state index contributed by atoms with van der Waals surface area (Å²) in [5.41, 5.74) is 0.562. The van der Waals surface area contributed by atoms with Crippen molar-refractivity contribution in [3.63, 3.8) is 0 Å². The Balaban J connectivity index is 1.50. The van der Waals surface area contributed by atoms with E-state index in [1.165, 1.54) is 18.9 Å². The van der Waals surface area contributed by atoms with E-state index in [0.29, 0.717) is 12.0 Å². The summed E-state index contributed by atoms with van der Waals surface area (Å²) in [7, 11) is 0. The average molecular weight is 334 g/mol. The van der Waals surface area contributed by atoms with E-state index in [9.17, 15) is 14.3 Å². The smallest absolute Gasteiger partial charge is 0.220 e. The number of benzene rings is 1. The summed E-state index contributed by atoms with van der Waals surface area (Å²) < 4.78 is 13.6. The fraction of sp³-hybridized carbons (Fsp3) is 0.632. The van der Waals surface area contributed by atoms with Gasteiger partial charge in [-0.15, -0.1) is 0 Å². The third kappa shape index (κ3) is 4.14.